The first-order chi connectivity index (χ1) is 8.74. The van der Waals surface area contributed by atoms with Gasteiger partial charge in [-0.15, -0.1) is 0 Å². The number of hydrogen-bond acceptors (Lipinski definition) is 3. The van der Waals surface area contributed by atoms with Crippen LogP contribution in [0.1, 0.15) is 37.9 Å². The summed E-state index contributed by atoms with van der Waals surface area (Å²) in [7, 11) is 0. The van der Waals surface area contributed by atoms with Gasteiger partial charge in [-0.2, -0.15) is 0 Å². The van der Waals surface area contributed by atoms with Crippen molar-refractivity contribution in [3.8, 4) is 0 Å². The number of piperidine rings is 1. The number of aromatic nitrogens is 1. The Morgan fingerprint density at radius 3 is 2.67 bits per heavy atom. The molecule has 1 unspecified atom stereocenters. The van der Waals surface area contributed by atoms with Crippen LogP contribution in [0, 0.1) is 11.7 Å². The van der Waals surface area contributed by atoms with Gasteiger partial charge in [0.2, 0.25) is 0 Å². The number of pyridine rings is 1. The third-order valence-electron chi connectivity index (χ3n) is 3.90. The van der Waals surface area contributed by atoms with Crippen molar-refractivity contribution in [3.63, 3.8) is 0 Å². The van der Waals surface area contributed by atoms with E-state index in [1.165, 1.54) is 12.3 Å². The van der Waals surface area contributed by atoms with Crippen LogP contribution in [0.2, 0.25) is 0 Å². The Kier molecular flexibility index (Phi) is 4.66. The first kappa shape index (κ1) is 13.4. The number of rotatable bonds is 4. The third-order valence-corrected chi connectivity index (χ3v) is 3.90. The molecule has 1 aromatic rings. The van der Waals surface area contributed by atoms with Gasteiger partial charge in [0.15, 0.2) is 0 Å². The zero-order valence-corrected chi connectivity index (χ0v) is 11.0. The van der Waals surface area contributed by atoms with Gasteiger partial charge in [0.05, 0.1) is 17.9 Å². The molecular weight excluding hydrogens is 229 g/mol. The Morgan fingerprint density at radius 2 is 2.17 bits per heavy atom. The second-order valence-electron chi connectivity index (χ2n) is 5.04. The fourth-order valence-corrected chi connectivity index (χ4v) is 2.74. The lowest BCUT2D eigenvalue weighted by molar-refractivity contribution is 0.129. The summed E-state index contributed by atoms with van der Waals surface area (Å²) in [5.41, 5.74) is 6.69. The van der Waals surface area contributed by atoms with Crippen LogP contribution in [0.4, 0.5) is 4.39 Å². The number of likely N-dealkylation sites (tertiary alicyclic amines) is 1. The molecule has 1 atom stereocenters. The van der Waals surface area contributed by atoms with Gasteiger partial charge in [-0.3, -0.25) is 9.88 Å². The van der Waals surface area contributed by atoms with Crippen LogP contribution < -0.4 is 5.73 Å². The summed E-state index contributed by atoms with van der Waals surface area (Å²) in [4.78, 5) is 6.67. The highest BCUT2D eigenvalue weighted by molar-refractivity contribution is 5.10. The lowest BCUT2D eigenvalue weighted by atomic mass is 9.95. The van der Waals surface area contributed by atoms with Crippen LogP contribution in [0.15, 0.2) is 18.3 Å². The highest BCUT2D eigenvalue weighted by Gasteiger charge is 2.25. The molecule has 2 rings (SSSR count). The first-order valence-corrected chi connectivity index (χ1v) is 6.80. The van der Waals surface area contributed by atoms with Crippen molar-refractivity contribution in [2.24, 2.45) is 11.7 Å². The average molecular weight is 251 g/mol. The second kappa shape index (κ2) is 6.25. The molecular formula is C14H22FN3. The van der Waals surface area contributed by atoms with Gasteiger partial charge < -0.3 is 5.73 Å². The molecule has 0 amide bonds. The fourth-order valence-electron chi connectivity index (χ4n) is 2.74. The zero-order valence-electron chi connectivity index (χ0n) is 11.0. The van der Waals surface area contributed by atoms with Crippen molar-refractivity contribution in [2.45, 2.75) is 32.2 Å². The molecule has 0 radical (unpaired) electrons. The summed E-state index contributed by atoms with van der Waals surface area (Å²) in [6.45, 7) is 5.09. The lowest BCUT2D eigenvalue weighted by Crippen LogP contribution is -2.38. The first-order valence-electron chi connectivity index (χ1n) is 6.80. The molecule has 1 aliphatic heterocycles. The van der Waals surface area contributed by atoms with Gasteiger partial charge in [-0.05, 0) is 56.9 Å². The van der Waals surface area contributed by atoms with Crippen LogP contribution in [0.25, 0.3) is 0 Å². The summed E-state index contributed by atoms with van der Waals surface area (Å²) >= 11 is 0. The molecule has 0 spiro atoms. The normalized spacial score (nSPS) is 19.9. The molecule has 18 heavy (non-hydrogen) atoms. The second-order valence-corrected chi connectivity index (χ2v) is 5.04. The molecule has 2 N–H and O–H groups in total. The van der Waals surface area contributed by atoms with Crippen molar-refractivity contribution in [2.75, 3.05) is 19.6 Å². The summed E-state index contributed by atoms with van der Waals surface area (Å²) in [6, 6.07) is 3.61. The number of halogens is 1. The van der Waals surface area contributed by atoms with E-state index < -0.39 is 0 Å². The number of hydrogen-bond donors (Lipinski definition) is 1. The highest BCUT2D eigenvalue weighted by atomic mass is 19.1. The quantitative estimate of drug-likeness (QED) is 0.893. The van der Waals surface area contributed by atoms with Gasteiger partial charge in [-0.1, -0.05) is 6.92 Å². The van der Waals surface area contributed by atoms with E-state index in [-0.39, 0.29) is 5.82 Å². The molecule has 3 nitrogen and oxygen atoms in total. The van der Waals surface area contributed by atoms with Crippen LogP contribution >= 0.6 is 0 Å². The molecule has 0 aliphatic carbocycles. The molecule has 4 heteroatoms. The molecule has 2 heterocycles. The van der Waals surface area contributed by atoms with E-state index in [0.29, 0.717) is 12.0 Å². The minimum atomic E-state index is -0.268. The minimum Gasteiger partial charge on any atom is -0.330 e. The fraction of sp³-hybridized carbons (Fsp3) is 0.643. The summed E-state index contributed by atoms with van der Waals surface area (Å²) in [5, 5.41) is 0. The molecule has 100 valence electrons. The van der Waals surface area contributed by atoms with Gasteiger partial charge in [-0.25, -0.2) is 4.39 Å². The topological polar surface area (TPSA) is 42.2 Å². The smallest absolute Gasteiger partial charge is 0.141 e. The van der Waals surface area contributed by atoms with Gasteiger partial charge >= 0.3 is 0 Å². The van der Waals surface area contributed by atoms with Gasteiger partial charge in [0.25, 0.3) is 0 Å². The maximum Gasteiger partial charge on any atom is 0.141 e. The van der Waals surface area contributed by atoms with E-state index >= 15 is 0 Å². The van der Waals surface area contributed by atoms with Crippen molar-refractivity contribution in [3.05, 3.63) is 29.8 Å². The van der Waals surface area contributed by atoms with Crippen LogP contribution in [-0.2, 0) is 0 Å². The average Bonchev–Trinajstić information content (AvgIpc) is 2.42. The Labute approximate surface area is 108 Å². The Bertz CT molecular complexity index is 358. The number of nitrogens with zero attached hydrogens (tertiary/aromatic N) is 2. The SMILES string of the molecule is CCC(c1ccc(F)cn1)N1CCC(CN)CC1. The van der Waals surface area contributed by atoms with Gasteiger partial charge in [0, 0.05) is 0 Å². The minimum absolute atomic E-state index is 0.268. The van der Waals surface area contributed by atoms with E-state index in [0.717, 1.165) is 44.6 Å². The predicted octanol–water partition coefficient (Wildman–Crippen LogP) is 2.34. The molecule has 0 aromatic carbocycles. The molecule has 0 bridgehead atoms. The van der Waals surface area contributed by atoms with E-state index in [4.69, 9.17) is 5.73 Å². The Morgan fingerprint density at radius 1 is 1.44 bits per heavy atom. The van der Waals surface area contributed by atoms with E-state index in [2.05, 4.69) is 16.8 Å². The summed E-state index contributed by atoms with van der Waals surface area (Å²) in [6.07, 6.45) is 4.64. The molecule has 1 aliphatic rings. The van der Waals surface area contributed by atoms with E-state index in [9.17, 15) is 4.39 Å². The van der Waals surface area contributed by atoms with Crippen LogP contribution in [0.3, 0.4) is 0 Å². The van der Waals surface area contributed by atoms with E-state index in [1.807, 2.05) is 0 Å². The maximum atomic E-state index is 12.9. The third kappa shape index (κ3) is 3.06. The largest absolute Gasteiger partial charge is 0.330 e. The predicted molar refractivity (Wildman–Crippen MR) is 70.6 cm³/mol. The number of nitrogens with two attached hydrogens (primary N) is 1. The van der Waals surface area contributed by atoms with Crippen molar-refractivity contribution in [1.29, 1.82) is 0 Å². The van der Waals surface area contributed by atoms with Crippen LogP contribution in [-0.4, -0.2) is 29.5 Å². The standard InChI is InChI=1S/C14H22FN3/c1-2-14(13-4-3-12(15)10-17-13)18-7-5-11(9-16)6-8-18/h3-4,10-11,14H,2,5-9,16H2,1H3. The van der Waals surface area contributed by atoms with Crippen molar-refractivity contribution < 1.29 is 4.39 Å². The lowest BCUT2D eigenvalue weighted by Gasteiger charge is -2.36. The Balaban J connectivity index is 2.03. The summed E-state index contributed by atoms with van der Waals surface area (Å²) in [5.74, 6) is 0.398. The zero-order chi connectivity index (χ0) is 13.0. The highest BCUT2D eigenvalue weighted by Crippen LogP contribution is 2.27. The Hall–Kier alpha value is -1.00. The molecule has 0 saturated carbocycles. The maximum absolute atomic E-state index is 12.9. The van der Waals surface area contributed by atoms with E-state index in [1.54, 1.807) is 6.07 Å². The van der Waals surface area contributed by atoms with Crippen molar-refractivity contribution >= 4 is 0 Å². The summed E-state index contributed by atoms with van der Waals surface area (Å²) < 4.78 is 12.9. The van der Waals surface area contributed by atoms with Crippen molar-refractivity contribution in [1.82, 2.24) is 9.88 Å². The van der Waals surface area contributed by atoms with Crippen LogP contribution in [0.5, 0.6) is 0 Å². The molecule has 1 aromatic heterocycles. The molecule has 1 fully saturated rings. The van der Waals surface area contributed by atoms with Gasteiger partial charge in [0.1, 0.15) is 5.82 Å². The molecule has 1 saturated heterocycles. The monoisotopic (exact) mass is 251 g/mol.